The van der Waals surface area contributed by atoms with Crippen LogP contribution in [-0.4, -0.2) is 13.1 Å². The summed E-state index contributed by atoms with van der Waals surface area (Å²) in [4.78, 5) is 9.18. The van der Waals surface area contributed by atoms with Crippen LogP contribution in [0, 0.1) is 0 Å². The average molecular weight is 195 g/mol. The van der Waals surface area contributed by atoms with Crippen LogP contribution in [0.4, 0.5) is 5.69 Å². The second-order valence-electron chi connectivity index (χ2n) is 2.65. The van der Waals surface area contributed by atoms with E-state index in [1.54, 1.807) is 6.92 Å². The van der Waals surface area contributed by atoms with Crippen molar-refractivity contribution in [2.45, 2.75) is 20.3 Å². The van der Waals surface area contributed by atoms with Crippen molar-refractivity contribution in [1.82, 2.24) is 0 Å². The molecule has 1 rings (SSSR count). The van der Waals surface area contributed by atoms with E-state index >= 15 is 0 Å². The second kappa shape index (κ2) is 8.10. The molecule has 0 bridgehead atoms. The summed E-state index contributed by atoms with van der Waals surface area (Å²) in [6.07, 6.45) is 1.06. The third-order valence-corrected chi connectivity index (χ3v) is 1.59. The highest BCUT2D eigenvalue weighted by molar-refractivity contribution is 5.40. The number of rotatable bonds is 3. The highest BCUT2D eigenvalue weighted by atomic mass is 16.5. The molecule has 0 aliphatic carbocycles. The maximum Gasteiger partial charge on any atom is 0.293 e. The number of carbonyl (C=O) groups excluding carboxylic acids is 1. The van der Waals surface area contributed by atoms with Crippen molar-refractivity contribution in [3.05, 3.63) is 29.8 Å². The van der Waals surface area contributed by atoms with Crippen LogP contribution in [0.25, 0.3) is 0 Å². The summed E-state index contributed by atoms with van der Waals surface area (Å²) in [5, 5.41) is 0. The van der Waals surface area contributed by atoms with Gasteiger partial charge in [-0.15, -0.1) is 0 Å². The van der Waals surface area contributed by atoms with Crippen molar-refractivity contribution in [3.8, 4) is 0 Å². The number of nitrogen functional groups attached to an aromatic ring is 1. The number of ether oxygens (including phenoxy) is 1. The molecule has 1 aromatic carbocycles. The number of aryl methyl sites for hydroxylation is 1. The summed E-state index contributed by atoms with van der Waals surface area (Å²) < 4.78 is 4.15. The molecular formula is C11H17NO2. The summed E-state index contributed by atoms with van der Waals surface area (Å²) in [7, 11) is 0. The van der Waals surface area contributed by atoms with E-state index in [0.717, 1.165) is 12.1 Å². The van der Waals surface area contributed by atoms with E-state index in [2.05, 4.69) is 17.7 Å². The zero-order chi connectivity index (χ0) is 10.8. The Kier molecular flexibility index (Phi) is 7.23. The van der Waals surface area contributed by atoms with Crippen LogP contribution >= 0.6 is 0 Å². The molecule has 0 atom stereocenters. The molecule has 2 N–H and O–H groups in total. The van der Waals surface area contributed by atoms with E-state index in [1.807, 2.05) is 18.2 Å². The van der Waals surface area contributed by atoms with Crippen molar-refractivity contribution >= 4 is 12.2 Å². The van der Waals surface area contributed by atoms with Gasteiger partial charge in [-0.2, -0.15) is 0 Å². The fraction of sp³-hybridized carbons (Fsp3) is 0.364. The zero-order valence-corrected chi connectivity index (χ0v) is 8.69. The van der Waals surface area contributed by atoms with Crippen LogP contribution in [0.2, 0.25) is 0 Å². The fourth-order valence-corrected chi connectivity index (χ4v) is 0.881. The first-order chi connectivity index (χ1) is 6.74. The molecule has 1 aromatic rings. The average Bonchev–Trinajstić information content (AvgIpc) is 2.20. The maximum atomic E-state index is 9.18. The van der Waals surface area contributed by atoms with Crippen molar-refractivity contribution in [1.29, 1.82) is 0 Å². The first kappa shape index (κ1) is 12.5. The van der Waals surface area contributed by atoms with Crippen LogP contribution in [0.15, 0.2) is 24.3 Å². The van der Waals surface area contributed by atoms with Crippen LogP contribution in [0.3, 0.4) is 0 Å². The predicted octanol–water partition coefficient (Wildman–Crippen LogP) is 2.01. The summed E-state index contributed by atoms with van der Waals surface area (Å²) in [5.74, 6) is 0. The van der Waals surface area contributed by atoms with Gasteiger partial charge < -0.3 is 10.5 Å². The molecule has 0 fully saturated rings. The zero-order valence-electron chi connectivity index (χ0n) is 8.69. The lowest BCUT2D eigenvalue weighted by Gasteiger charge is -1.95. The largest absolute Gasteiger partial charge is 0.468 e. The lowest BCUT2D eigenvalue weighted by molar-refractivity contribution is -0.128. The molecule has 3 heteroatoms. The third-order valence-electron chi connectivity index (χ3n) is 1.59. The van der Waals surface area contributed by atoms with Crippen LogP contribution in [0.5, 0.6) is 0 Å². The van der Waals surface area contributed by atoms with Gasteiger partial charge >= 0.3 is 0 Å². The van der Waals surface area contributed by atoms with E-state index < -0.39 is 0 Å². The Morgan fingerprint density at radius 1 is 1.43 bits per heavy atom. The van der Waals surface area contributed by atoms with Crippen molar-refractivity contribution in [2.24, 2.45) is 0 Å². The van der Waals surface area contributed by atoms with Gasteiger partial charge in [-0.05, 0) is 31.0 Å². The quantitative estimate of drug-likeness (QED) is 0.593. The molecule has 0 saturated carbocycles. The summed E-state index contributed by atoms with van der Waals surface area (Å²) in [6.45, 7) is 4.78. The SMILES string of the molecule is CCOC=O.CCc1cccc(N)c1. The minimum Gasteiger partial charge on any atom is -0.468 e. The molecule has 0 radical (unpaired) electrons. The summed E-state index contributed by atoms with van der Waals surface area (Å²) >= 11 is 0. The molecule has 14 heavy (non-hydrogen) atoms. The van der Waals surface area contributed by atoms with Gasteiger partial charge in [0.05, 0.1) is 6.61 Å². The van der Waals surface area contributed by atoms with E-state index in [1.165, 1.54) is 5.56 Å². The number of hydrogen-bond acceptors (Lipinski definition) is 3. The minimum absolute atomic E-state index is 0.431. The smallest absolute Gasteiger partial charge is 0.293 e. The first-order valence-corrected chi connectivity index (χ1v) is 4.64. The molecule has 0 spiro atoms. The Labute approximate surface area is 84.9 Å². The van der Waals surface area contributed by atoms with E-state index in [4.69, 9.17) is 5.73 Å². The van der Waals surface area contributed by atoms with Crippen molar-refractivity contribution < 1.29 is 9.53 Å². The van der Waals surface area contributed by atoms with Gasteiger partial charge in [0.25, 0.3) is 6.47 Å². The van der Waals surface area contributed by atoms with Gasteiger partial charge in [-0.25, -0.2) is 0 Å². The van der Waals surface area contributed by atoms with E-state index in [9.17, 15) is 4.79 Å². The van der Waals surface area contributed by atoms with Crippen molar-refractivity contribution in [2.75, 3.05) is 12.3 Å². The van der Waals surface area contributed by atoms with Crippen molar-refractivity contribution in [3.63, 3.8) is 0 Å². The maximum absolute atomic E-state index is 9.18. The molecule has 0 unspecified atom stereocenters. The number of benzene rings is 1. The molecule has 3 nitrogen and oxygen atoms in total. The van der Waals surface area contributed by atoms with E-state index in [-0.39, 0.29) is 0 Å². The van der Waals surface area contributed by atoms with Crippen LogP contribution < -0.4 is 5.73 Å². The predicted molar refractivity (Wildman–Crippen MR) is 57.9 cm³/mol. The lowest BCUT2D eigenvalue weighted by Crippen LogP contribution is -1.85. The lowest BCUT2D eigenvalue weighted by atomic mass is 10.1. The van der Waals surface area contributed by atoms with Gasteiger partial charge in [0, 0.05) is 5.69 Å². The van der Waals surface area contributed by atoms with E-state index in [0.29, 0.717) is 13.1 Å². The van der Waals surface area contributed by atoms with Crippen LogP contribution in [0.1, 0.15) is 19.4 Å². The van der Waals surface area contributed by atoms with Gasteiger partial charge in [0.15, 0.2) is 0 Å². The Hall–Kier alpha value is -1.51. The van der Waals surface area contributed by atoms with Gasteiger partial charge in [0.1, 0.15) is 0 Å². The molecular weight excluding hydrogens is 178 g/mol. The normalized spacial score (nSPS) is 8.43. The molecule has 0 heterocycles. The standard InChI is InChI=1S/C8H11N.C3H6O2/c1-2-7-4-3-5-8(9)6-7;1-2-5-3-4/h3-6H,2,9H2,1H3;3H,2H2,1H3. The van der Waals surface area contributed by atoms with Gasteiger partial charge in [-0.1, -0.05) is 19.1 Å². The molecule has 78 valence electrons. The topological polar surface area (TPSA) is 52.3 Å². The summed E-state index contributed by atoms with van der Waals surface area (Å²) in [5.41, 5.74) is 7.69. The number of carbonyl (C=O) groups is 1. The molecule has 0 aliphatic heterocycles. The number of nitrogens with two attached hydrogens (primary N) is 1. The highest BCUT2D eigenvalue weighted by Gasteiger charge is 1.86. The number of hydrogen-bond donors (Lipinski definition) is 1. The van der Waals surface area contributed by atoms with Crippen LogP contribution in [-0.2, 0) is 16.0 Å². The summed E-state index contributed by atoms with van der Waals surface area (Å²) in [6, 6.07) is 7.96. The molecule has 0 amide bonds. The highest BCUT2D eigenvalue weighted by Crippen LogP contribution is 2.05. The Morgan fingerprint density at radius 3 is 2.43 bits per heavy atom. The Balaban J connectivity index is 0.000000292. The number of anilines is 1. The molecule has 0 aliphatic rings. The van der Waals surface area contributed by atoms with Gasteiger partial charge in [0.2, 0.25) is 0 Å². The molecule has 0 saturated heterocycles. The van der Waals surface area contributed by atoms with Gasteiger partial charge in [-0.3, -0.25) is 4.79 Å². The first-order valence-electron chi connectivity index (χ1n) is 4.64. The monoisotopic (exact) mass is 195 g/mol. The third kappa shape index (κ3) is 6.06. The Bertz CT molecular complexity index is 261. The second-order valence-corrected chi connectivity index (χ2v) is 2.65. The molecule has 0 aromatic heterocycles. The minimum atomic E-state index is 0.431. The fourth-order valence-electron chi connectivity index (χ4n) is 0.881. The Morgan fingerprint density at radius 2 is 2.14 bits per heavy atom.